The Morgan fingerprint density at radius 1 is 1.14 bits per heavy atom. The van der Waals surface area contributed by atoms with Gasteiger partial charge in [0.15, 0.2) is 15.0 Å². The van der Waals surface area contributed by atoms with Gasteiger partial charge >= 0.3 is 0 Å². The number of fused-ring (bicyclic) bond motifs is 1. The van der Waals surface area contributed by atoms with E-state index in [2.05, 4.69) is 25.6 Å². The van der Waals surface area contributed by atoms with Gasteiger partial charge in [0.2, 0.25) is 5.95 Å². The monoisotopic (exact) mass is 435 g/mol. The Morgan fingerprint density at radius 2 is 1.86 bits per heavy atom. The minimum absolute atomic E-state index is 0.318. The highest BCUT2D eigenvalue weighted by Crippen LogP contribution is 2.31. The maximum absolute atomic E-state index is 11.7. The fourth-order valence-corrected chi connectivity index (χ4v) is 5.31. The van der Waals surface area contributed by atoms with Crippen LogP contribution < -0.4 is 10.6 Å². The molecule has 7 nitrogen and oxygen atoms in total. The summed E-state index contributed by atoms with van der Waals surface area (Å²) in [4.78, 5) is 14.7. The summed E-state index contributed by atoms with van der Waals surface area (Å²) in [7, 11) is -3.21. The molecular weight excluding hydrogens is 414 g/mol. The summed E-state index contributed by atoms with van der Waals surface area (Å²) in [6.07, 6.45) is 9.91. The van der Waals surface area contributed by atoms with Crippen LogP contribution in [0, 0.1) is 0 Å². The van der Waals surface area contributed by atoms with E-state index in [1.165, 1.54) is 17.6 Å². The number of hydrogen-bond donors (Lipinski definition) is 2. The van der Waals surface area contributed by atoms with Crippen LogP contribution in [0.15, 0.2) is 40.4 Å². The fourth-order valence-electron chi connectivity index (χ4n) is 3.29. The molecule has 10 heteroatoms. The first-order valence-corrected chi connectivity index (χ1v) is 12.8. The maximum atomic E-state index is 11.7. The highest BCUT2D eigenvalue weighted by atomic mass is 32.2. The second kappa shape index (κ2) is 7.84. The van der Waals surface area contributed by atoms with Crippen LogP contribution >= 0.6 is 23.1 Å². The lowest BCUT2D eigenvalue weighted by Crippen LogP contribution is -2.21. The molecule has 0 radical (unpaired) electrons. The van der Waals surface area contributed by atoms with E-state index in [1.54, 1.807) is 30.0 Å². The topological polar surface area (TPSA) is 96.9 Å². The third-order valence-corrected chi connectivity index (χ3v) is 7.49. The highest BCUT2D eigenvalue weighted by molar-refractivity contribution is 7.98. The minimum atomic E-state index is -3.21. The van der Waals surface area contributed by atoms with E-state index in [0.29, 0.717) is 22.9 Å². The average Bonchev–Trinajstić information content (AvgIpc) is 3.27. The molecule has 1 aliphatic carbocycles. The Bertz CT molecular complexity index is 1080. The molecular formula is C18H21N5O2S3. The Balaban J connectivity index is 1.39. The first-order chi connectivity index (χ1) is 13.4. The Kier molecular flexibility index (Phi) is 5.44. The van der Waals surface area contributed by atoms with Crippen LogP contribution in [0.3, 0.4) is 0 Å². The zero-order valence-electron chi connectivity index (χ0n) is 15.5. The molecule has 2 aromatic heterocycles. The predicted octanol–water partition coefficient (Wildman–Crippen LogP) is 3.66. The van der Waals surface area contributed by atoms with Crippen LogP contribution in [0.25, 0.3) is 10.2 Å². The molecule has 4 rings (SSSR count). The van der Waals surface area contributed by atoms with Crippen molar-refractivity contribution < 1.29 is 8.42 Å². The van der Waals surface area contributed by atoms with Gasteiger partial charge in [-0.25, -0.2) is 23.4 Å². The van der Waals surface area contributed by atoms with E-state index in [9.17, 15) is 8.42 Å². The molecule has 0 unspecified atom stereocenters. The number of nitrogens with zero attached hydrogens (tertiary/aromatic N) is 3. The zero-order valence-corrected chi connectivity index (χ0v) is 18.0. The van der Waals surface area contributed by atoms with Crippen molar-refractivity contribution in [1.82, 2.24) is 15.0 Å². The molecule has 1 aliphatic rings. The Morgan fingerprint density at radius 3 is 2.54 bits per heavy atom. The number of nitrogens with one attached hydrogen (secondary N) is 2. The van der Waals surface area contributed by atoms with E-state index in [0.717, 1.165) is 39.5 Å². The number of anilines is 2. The van der Waals surface area contributed by atoms with Gasteiger partial charge in [0.1, 0.15) is 0 Å². The average molecular weight is 436 g/mol. The first-order valence-electron chi connectivity index (χ1n) is 8.90. The number of thioether (sulfide) groups is 1. The van der Waals surface area contributed by atoms with E-state index in [-0.39, 0.29) is 0 Å². The van der Waals surface area contributed by atoms with Crippen LogP contribution in [-0.2, 0) is 9.84 Å². The lowest BCUT2D eigenvalue weighted by Gasteiger charge is -2.14. The molecule has 3 aromatic rings. The van der Waals surface area contributed by atoms with Crippen molar-refractivity contribution in [3.63, 3.8) is 0 Å². The van der Waals surface area contributed by atoms with Gasteiger partial charge < -0.3 is 10.6 Å². The van der Waals surface area contributed by atoms with Crippen molar-refractivity contribution in [3.8, 4) is 0 Å². The number of thiazole rings is 1. The number of hydrogen-bond acceptors (Lipinski definition) is 9. The van der Waals surface area contributed by atoms with Gasteiger partial charge in [0.25, 0.3) is 0 Å². The van der Waals surface area contributed by atoms with Crippen molar-refractivity contribution >= 4 is 54.2 Å². The molecule has 0 aliphatic heterocycles. The second-order valence-electron chi connectivity index (χ2n) is 6.86. The highest BCUT2D eigenvalue weighted by Gasteiger charge is 2.26. The third-order valence-electron chi connectivity index (χ3n) is 4.75. The van der Waals surface area contributed by atoms with Gasteiger partial charge in [-0.3, -0.25) is 0 Å². The van der Waals surface area contributed by atoms with E-state index in [4.69, 9.17) is 0 Å². The van der Waals surface area contributed by atoms with Crippen molar-refractivity contribution in [2.75, 3.05) is 23.1 Å². The SMILES string of the molecule is CSc1cnc(N[C@H]2CC[C@H](Nc3nc4ccc(S(C)(=O)=O)cc4s3)C2)nc1. The normalized spacial score (nSPS) is 19.8. The molecule has 1 aromatic carbocycles. The number of benzene rings is 1. The van der Waals surface area contributed by atoms with Gasteiger partial charge in [0.05, 0.1) is 15.1 Å². The molecule has 28 heavy (non-hydrogen) atoms. The summed E-state index contributed by atoms with van der Waals surface area (Å²) < 4.78 is 24.3. The molecule has 0 bridgehead atoms. The predicted molar refractivity (Wildman–Crippen MR) is 115 cm³/mol. The summed E-state index contributed by atoms with van der Waals surface area (Å²) in [6, 6.07) is 5.71. The summed E-state index contributed by atoms with van der Waals surface area (Å²) in [6.45, 7) is 0. The summed E-state index contributed by atoms with van der Waals surface area (Å²) in [5, 5.41) is 7.73. The minimum Gasteiger partial charge on any atom is -0.359 e. The van der Waals surface area contributed by atoms with E-state index >= 15 is 0 Å². The van der Waals surface area contributed by atoms with Crippen LogP contribution in [0.2, 0.25) is 0 Å². The zero-order chi connectivity index (χ0) is 19.7. The lowest BCUT2D eigenvalue weighted by molar-refractivity contribution is 0.602. The van der Waals surface area contributed by atoms with Gasteiger partial charge in [0, 0.05) is 35.6 Å². The van der Waals surface area contributed by atoms with Crippen molar-refractivity contribution in [2.45, 2.75) is 41.1 Å². The van der Waals surface area contributed by atoms with Gasteiger partial charge in [-0.1, -0.05) is 11.3 Å². The Hall–Kier alpha value is -1.91. The standard InChI is InChI=1S/C18H21N5O2S3/c1-26-13-9-19-17(20-10-13)21-11-3-4-12(7-11)22-18-23-15-6-5-14(28(2,24)25)8-16(15)27-18/h5-6,8-12H,3-4,7H2,1-2H3,(H,22,23)(H,19,20,21)/t11-,12-/m0/s1. The summed E-state index contributed by atoms with van der Waals surface area (Å²) in [5.41, 5.74) is 0.815. The molecule has 2 N–H and O–H groups in total. The maximum Gasteiger partial charge on any atom is 0.222 e. The van der Waals surface area contributed by atoms with Crippen LogP contribution in [0.5, 0.6) is 0 Å². The van der Waals surface area contributed by atoms with Crippen LogP contribution in [0.4, 0.5) is 11.1 Å². The van der Waals surface area contributed by atoms with E-state index in [1.807, 2.05) is 18.6 Å². The molecule has 1 fully saturated rings. The molecule has 1 saturated carbocycles. The van der Waals surface area contributed by atoms with Gasteiger partial charge in [-0.15, -0.1) is 11.8 Å². The van der Waals surface area contributed by atoms with Crippen molar-refractivity contribution in [1.29, 1.82) is 0 Å². The second-order valence-corrected chi connectivity index (χ2v) is 10.8. The van der Waals surface area contributed by atoms with Crippen molar-refractivity contribution in [3.05, 3.63) is 30.6 Å². The summed E-state index contributed by atoms with van der Waals surface area (Å²) in [5.74, 6) is 0.664. The number of sulfone groups is 1. The first kappa shape index (κ1) is 19.4. The molecule has 0 spiro atoms. The van der Waals surface area contributed by atoms with Gasteiger partial charge in [-0.2, -0.15) is 0 Å². The fraction of sp³-hybridized carbons (Fsp3) is 0.389. The molecule has 2 atom stereocenters. The van der Waals surface area contributed by atoms with Crippen LogP contribution in [0.1, 0.15) is 19.3 Å². The molecule has 2 heterocycles. The van der Waals surface area contributed by atoms with Crippen molar-refractivity contribution in [2.24, 2.45) is 0 Å². The van der Waals surface area contributed by atoms with Gasteiger partial charge in [-0.05, 0) is 43.7 Å². The smallest absolute Gasteiger partial charge is 0.222 e. The molecule has 148 valence electrons. The molecule has 0 amide bonds. The molecule has 0 saturated heterocycles. The Labute approximate surface area is 172 Å². The quantitative estimate of drug-likeness (QED) is 0.566. The number of aromatic nitrogens is 3. The van der Waals surface area contributed by atoms with E-state index < -0.39 is 9.84 Å². The lowest BCUT2D eigenvalue weighted by atomic mass is 10.2. The largest absolute Gasteiger partial charge is 0.359 e. The van der Waals surface area contributed by atoms with Crippen LogP contribution in [-0.4, -0.2) is 48.0 Å². The third kappa shape index (κ3) is 4.39. The number of rotatable bonds is 6. The summed E-state index contributed by atoms with van der Waals surface area (Å²) >= 11 is 3.11.